The van der Waals surface area contributed by atoms with Crippen LogP contribution in [0.25, 0.3) is 0 Å². The molecule has 2 N–H and O–H groups in total. The minimum Gasteiger partial charge on any atom is -0.392 e. The number of aldehydes is 1. The molecule has 110 valence electrons. The Morgan fingerprint density at radius 2 is 2.00 bits per heavy atom. The van der Waals surface area contributed by atoms with Gasteiger partial charge in [0.05, 0.1) is 12.0 Å². The zero-order chi connectivity index (χ0) is 14.8. The predicted octanol–water partition coefficient (Wildman–Crippen LogP) is 0.444. The van der Waals surface area contributed by atoms with Crippen molar-refractivity contribution in [3.05, 3.63) is 0 Å². The molecule has 2 unspecified atom stereocenters. The number of carbonyl (C=O) groups excluding carboxylic acids is 2. The number of nitrogens with one attached hydrogen (secondary N) is 1. The lowest BCUT2D eigenvalue weighted by Crippen LogP contribution is -2.50. The zero-order valence-electron chi connectivity index (χ0n) is 10.7. The summed E-state index contributed by atoms with van der Waals surface area (Å²) in [6, 6.07) is 0. The normalized spacial score (nSPS) is 32.1. The third-order valence-electron chi connectivity index (χ3n) is 3.66. The molecule has 4 atom stereocenters. The van der Waals surface area contributed by atoms with Gasteiger partial charge in [-0.05, 0) is 24.7 Å². The largest absolute Gasteiger partial charge is 0.392 e. The molecule has 1 fully saturated rings. The number of halogens is 1. The first kappa shape index (κ1) is 16.4. The molecule has 0 aliphatic heterocycles. The molecule has 0 aromatic rings. The highest BCUT2D eigenvalue weighted by Crippen LogP contribution is 2.37. The van der Waals surface area contributed by atoms with Crippen molar-refractivity contribution in [1.29, 1.82) is 0 Å². The molecular weight excluding hydrogens is 294 g/mol. The summed E-state index contributed by atoms with van der Waals surface area (Å²) < 4.78 is 23.4. The summed E-state index contributed by atoms with van der Waals surface area (Å²) in [7, 11) is 0.735. The van der Waals surface area contributed by atoms with Crippen LogP contribution in [0.5, 0.6) is 0 Å². The molecule has 19 heavy (non-hydrogen) atoms. The van der Waals surface area contributed by atoms with Gasteiger partial charge >= 0.3 is 9.24 Å². The number of hydrogen-bond donors (Lipinski definition) is 2. The van der Waals surface area contributed by atoms with Crippen LogP contribution >= 0.6 is 10.7 Å². The molecule has 0 aromatic carbocycles. The van der Waals surface area contributed by atoms with E-state index in [-0.39, 0.29) is 11.8 Å². The van der Waals surface area contributed by atoms with Crippen molar-refractivity contribution in [1.82, 2.24) is 4.72 Å². The van der Waals surface area contributed by atoms with E-state index >= 15 is 0 Å². The maximum atomic E-state index is 11.9. The number of carbonyl (C=O) groups is 2. The van der Waals surface area contributed by atoms with Gasteiger partial charge in [-0.1, -0.05) is 13.8 Å². The smallest absolute Gasteiger partial charge is 0.321 e. The molecule has 0 radical (unpaired) electrons. The molecule has 1 amide bonds. The Hall–Kier alpha value is -0.660. The lowest BCUT2D eigenvalue weighted by molar-refractivity contribution is -0.139. The molecule has 1 rings (SSSR count). The van der Waals surface area contributed by atoms with Gasteiger partial charge in [-0.2, -0.15) is 8.42 Å². The maximum Gasteiger partial charge on any atom is 0.321 e. The zero-order valence-corrected chi connectivity index (χ0v) is 12.3. The van der Waals surface area contributed by atoms with Crippen LogP contribution in [0.1, 0.15) is 26.7 Å². The first-order chi connectivity index (χ1) is 8.67. The van der Waals surface area contributed by atoms with Crippen LogP contribution in [0.2, 0.25) is 0 Å². The van der Waals surface area contributed by atoms with E-state index in [0.717, 1.165) is 0 Å². The monoisotopic (exact) mass is 311 g/mol. The van der Waals surface area contributed by atoms with E-state index in [1.54, 1.807) is 4.72 Å². The van der Waals surface area contributed by atoms with Crippen molar-refractivity contribution >= 4 is 32.1 Å². The van der Waals surface area contributed by atoms with E-state index in [9.17, 15) is 23.1 Å². The molecule has 0 heterocycles. The summed E-state index contributed by atoms with van der Waals surface area (Å²) in [4.78, 5) is 22.9. The van der Waals surface area contributed by atoms with Crippen LogP contribution < -0.4 is 4.72 Å². The Kier molecular flexibility index (Phi) is 5.34. The Morgan fingerprint density at radius 3 is 2.42 bits per heavy atom. The molecule has 0 aromatic heterocycles. The van der Waals surface area contributed by atoms with Crippen molar-refractivity contribution in [2.45, 2.75) is 32.8 Å². The van der Waals surface area contributed by atoms with Gasteiger partial charge in [-0.25, -0.2) is 4.72 Å². The predicted molar refractivity (Wildman–Crippen MR) is 69.5 cm³/mol. The fourth-order valence-electron chi connectivity index (χ4n) is 2.67. The number of hydrogen-bond acceptors (Lipinski definition) is 5. The van der Waals surface area contributed by atoms with Gasteiger partial charge in [0.2, 0.25) is 5.91 Å². The van der Waals surface area contributed by atoms with Crippen molar-refractivity contribution in [2.24, 2.45) is 23.7 Å². The topological polar surface area (TPSA) is 101 Å². The summed E-state index contributed by atoms with van der Waals surface area (Å²) in [5, 5.41) is 10.2. The highest BCUT2D eigenvalue weighted by atomic mass is 35.7. The Labute approximate surface area is 117 Å². The van der Waals surface area contributed by atoms with Crippen LogP contribution in [0.4, 0.5) is 0 Å². The van der Waals surface area contributed by atoms with E-state index in [2.05, 4.69) is 0 Å². The molecule has 0 saturated heterocycles. The van der Waals surface area contributed by atoms with Crippen molar-refractivity contribution in [3.63, 3.8) is 0 Å². The van der Waals surface area contributed by atoms with Gasteiger partial charge in [0, 0.05) is 16.6 Å². The number of aliphatic hydroxyl groups is 1. The van der Waals surface area contributed by atoms with Crippen LogP contribution in [0.15, 0.2) is 0 Å². The average Bonchev–Trinajstić information content (AvgIpc) is 2.25. The number of rotatable bonds is 4. The van der Waals surface area contributed by atoms with Gasteiger partial charge in [0.25, 0.3) is 0 Å². The van der Waals surface area contributed by atoms with Gasteiger partial charge in [0.1, 0.15) is 6.29 Å². The SMILES string of the molecule is CC(C)[C@H]1CCC(C=O)C(C(=O)NS(=O)(=O)Cl)[C@@H]1O. The highest BCUT2D eigenvalue weighted by Gasteiger charge is 2.44. The summed E-state index contributed by atoms with van der Waals surface area (Å²) in [6.45, 7) is 3.81. The minimum absolute atomic E-state index is 0.130. The second kappa shape index (κ2) is 6.19. The first-order valence-corrected chi connectivity index (χ1v) is 8.38. The second-order valence-corrected chi connectivity index (χ2v) is 7.50. The summed E-state index contributed by atoms with van der Waals surface area (Å²) in [6.07, 6.45) is 0.608. The molecule has 6 nitrogen and oxygen atoms in total. The fourth-order valence-corrected chi connectivity index (χ4v) is 3.28. The van der Waals surface area contributed by atoms with Gasteiger partial charge in [-0.15, -0.1) is 0 Å². The highest BCUT2D eigenvalue weighted by molar-refractivity contribution is 8.12. The molecule has 1 aliphatic rings. The van der Waals surface area contributed by atoms with Crippen LogP contribution in [0.3, 0.4) is 0 Å². The third-order valence-corrected chi connectivity index (χ3v) is 4.33. The molecule has 1 aliphatic carbocycles. The maximum absolute atomic E-state index is 11.9. The van der Waals surface area contributed by atoms with E-state index in [0.29, 0.717) is 19.1 Å². The Bertz CT molecular complexity index is 450. The van der Waals surface area contributed by atoms with E-state index < -0.39 is 33.1 Å². The second-order valence-electron chi connectivity index (χ2n) is 5.21. The molecule has 8 heteroatoms. The van der Waals surface area contributed by atoms with E-state index in [4.69, 9.17) is 10.7 Å². The average molecular weight is 312 g/mol. The molecule has 1 saturated carbocycles. The first-order valence-electron chi connectivity index (χ1n) is 6.07. The van der Waals surface area contributed by atoms with Crippen LogP contribution in [0, 0.1) is 23.7 Å². The summed E-state index contributed by atoms with van der Waals surface area (Å²) >= 11 is 0. The molecule has 0 bridgehead atoms. The van der Waals surface area contributed by atoms with Gasteiger partial charge < -0.3 is 9.90 Å². The van der Waals surface area contributed by atoms with Gasteiger partial charge in [0.15, 0.2) is 0 Å². The van der Waals surface area contributed by atoms with E-state index in [1.165, 1.54) is 0 Å². The van der Waals surface area contributed by atoms with E-state index in [1.807, 2.05) is 13.8 Å². The van der Waals surface area contributed by atoms with Crippen molar-refractivity contribution < 1.29 is 23.1 Å². The lowest BCUT2D eigenvalue weighted by Gasteiger charge is -2.39. The standard InChI is InChI=1S/C11H18ClNO5S/c1-6(2)8-4-3-7(5-14)9(10(8)15)11(16)13-19(12,17)18/h5-10,15H,3-4H2,1-2H3,(H,13,16)/t7?,8-,9?,10-/m1/s1. The number of aliphatic hydroxyl groups excluding tert-OH is 1. The summed E-state index contributed by atoms with van der Waals surface area (Å²) in [5.74, 6) is -2.71. The van der Waals surface area contributed by atoms with Crippen LogP contribution in [-0.4, -0.2) is 31.8 Å². The quantitative estimate of drug-likeness (QED) is 0.580. The molecule has 0 spiro atoms. The fraction of sp³-hybridized carbons (Fsp3) is 0.818. The van der Waals surface area contributed by atoms with Gasteiger partial charge in [-0.3, -0.25) is 4.79 Å². The van der Waals surface area contributed by atoms with Crippen LogP contribution in [-0.2, 0) is 18.8 Å². The van der Waals surface area contributed by atoms with Crippen molar-refractivity contribution in [2.75, 3.05) is 0 Å². The summed E-state index contributed by atoms with van der Waals surface area (Å²) in [5.41, 5.74) is 0. The minimum atomic E-state index is -4.22. The number of amides is 1. The lowest BCUT2D eigenvalue weighted by atomic mass is 9.68. The Balaban J connectivity index is 2.96. The Morgan fingerprint density at radius 1 is 1.42 bits per heavy atom. The third kappa shape index (κ3) is 4.15. The van der Waals surface area contributed by atoms with Crippen molar-refractivity contribution in [3.8, 4) is 0 Å². The molecular formula is C11H18ClNO5S.